The lowest BCUT2D eigenvalue weighted by Gasteiger charge is -2.00. The second-order valence-corrected chi connectivity index (χ2v) is 3.84. The maximum absolute atomic E-state index is 4.39. The summed E-state index contributed by atoms with van der Waals surface area (Å²) < 4.78 is 1.73. The number of hydrogen-bond acceptors (Lipinski definition) is 4. The van der Waals surface area contributed by atoms with Crippen molar-refractivity contribution in [3.63, 3.8) is 0 Å². The lowest BCUT2D eigenvalue weighted by Crippen LogP contribution is -1.99. The summed E-state index contributed by atoms with van der Waals surface area (Å²) in [5.41, 5.74) is 3.23. The number of rotatable bonds is 1. The van der Waals surface area contributed by atoms with Gasteiger partial charge in [0.2, 0.25) is 5.95 Å². The van der Waals surface area contributed by atoms with Gasteiger partial charge in [0.1, 0.15) is 5.52 Å². The molecule has 0 aliphatic heterocycles. The van der Waals surface area contributed by atoms with Crippen molar-refractivity contribution in [1.82, 2.24) is 29.5 Å². The molecule has 0 aliphatic carbocycles. The van der Waals surface area contributed by atoms with E-state index < -0.39 is 0 Å². The molecule has 1 aromatic carbocycles. The lowest BCUT2D eigenvalue weighted by molar-refractivity contribution is 0.953. The monoisotopic (exact) mass is 235 g/mol. The third kappa shape index (κ3) is 1.22. The summed E-state index contributed by atoms with van der Waals surface area (Å²) in [6.45, 7) is 0. The number of aromatic nitrogens is 6. The van der Waals surface area contributed by atoms with Crippen LogP contribution in [0.3, 0.4) is 0 Å². The molecule has 0 amide bonds. The highest BCUT2D eigenvalue weighted by Gasteiger charge is 2.08. The van der Waals surface area contributed by atoms with Crippen LogP contribution in [0.4, 0.5) is 0 Å². The SMILES string of the molecule is [c]1nc2ccccc2n1-c1ncc2nc[nH]c2n1. The van der Waals surface area contributed by atoms with Gasteiger partial charge in [-0.25, -0.2) is 15.0 Å². The molecule has 1 radical (unpaired) electrons. The summed E-state index contributed by atoms with van der Waals surface area (Å²) in [7, 11) is 0. The normalized spacial score (nSPS) is 11.3. The van der Waals surface area contributed by atoms with Crippen LogP contribution >= 0.6 is 0 Å². The van der Waals surface area contributed by atoms with Crippen molar-refractivity contribution in [2.75, 3.05) is 0 Å². The summed E-state index contributed by atoms with van der Waals surface area (Å²) in [5, 5.41) is 0. The van der Waals surface area contributed by atoms with Crippen LogP contribution in [0.1, 0.15) is 0 Å². The number of nitrogens with zero attached hydrogens (tertiary/aromatic N) is 5. The zero-order valence-electron chi connectivity index (χ0n) is 9.20. The van der Waals surface area contributed by atoms with E-state index in [-0.39, 0.29) is 0 Å². The summed E-state index contributed by atoms with van der Waals surface area (Å²) in [6.07, 6.45) is 6.17. The molecule has 4 rings (SSSR count). The molecule has 3 heterocycles. The first-order valence-corrected chi connectivity index (χ1v) is 5.43. The molecule has 1 N–H and O–H groups in total. The van der Waals surface area contributed by atoms with E-state index in [0.29, 0.717) is 11.6 Å². The van der Waals surface area contributed by atoms with Crippen molar-refractivity contribution in [3.05, 3.63) is 43.1 Å². The third-order valence-corrected chi connectivity index (χ3v) is 2.75. The molecular formula is C12H7N6. The van der Waals surface area contributed by atoms with Gasteiger partial charge < -0.3 is 4.98 Å². The van der Waals surface area contributed by atoms with Gasteiger partial charge in [0.15, 0.2) is 12.0 Å². The average molecular weight is 235 g/mol. The molecule has 0 saturated carbocycles. The van der Waals surface area contributed by atoms with Crippen LogP contribution in [0.25, 0.3) is 28.1 Å². The molecule has 0 atom stereocenters. The van der Waals surface area contributed by atoms with Gasteiger partial charge >= 0.3 is 0 Å². The topological polar surface area (TPSA) is 72.3 Å². The number of hydrogen-bond donors (Lipinski definition) is 1. The van der Waals surface area contributed by atoms with E-state index in [1.165, 1.54) is 0 Å². The van der Waals surface area contributed by atoms with Gasteiger partial charge in [-0.1, -0.05) is 12.1 Å². The number of H-pyrrole nitrogens is 1. The quantitative estimate of drug-likeness (QED) is 0.542. The zero-order valence-corrected chi connectivity index (χ0v) is 9.20. The Bertz CT molecular complexity index is 844. The molecule has 0 saturated heterocycles. The van der Waals surface area contributed by atoms with E-state index in [2.05, 4.69) is 31.2 Å². The first-order valence-electron chi connectivity index (χ1n) is 5.43. The van der Waals surface area contributed by atoms with Crippen LogP contribution < -0.4 is 0 Å². The molecule has 6 heteroatoms. The second kappa shape index (κ2) is 3.36. The van der Waals surface area contributed by atoms with Gasteiger partial charge in [0.05, 0.1) is 23.6 Å². The molecule has 4 aromatic rings. The van der Waals surface area contributed by atoms with Crippen LogP contribution in [0.15, 0.2) is 36.8 Å². The minimum Gasteiger partial charge on any atom is -0.329 e. The number of aromatic amines is 1. The van der Waals surface area contributed by atoms with E-state index >= 15 is 0 Å². The molecule has 0 aliphatic rings. The minimum atomic E-state index is 0.528. The highest BCUT2D eigenvalue weighted by molar-refractivity contribution is 5.77. The van der Waals surface area contributed by atoms with Crippen molar-refractivity contribution in [2.45, 2.75) is 0 Å². The maximum atomic E-state index is 4.39. The predicted molar refractivity (Wildman–Crippen MR) is 65.1 cm³/mol. The Morgan fingerprint density at radius 3 is 3.06 bits per heavy atom. The van der Waals surface area contributed by atoms with Crippen LogP contribution in [0.2, 0.25) is 0 Å². The fourth-order valence-electron chi connectivity index (χ4n) is 1.90. The number of fused-ring (bicyclic) bond motifs is 2. The highest BCUT2D eigenvalue weighted by Crippen LogP contribution is 2.15. The number of nitrogens with one attached hydrogen (secondary N) is 1. The van der Waals surface area contributed by atoms with Crippen LogP contribution in [-0.2, 0) is 0 Å². The Kier molecular flexibility index (Phi) is 1.74. The summed E-state index contributed by atoms with van der Waals surface area (Å²) in [6, 6.07) is 7.77. The smallest absolute Gasteiger partial charge is 0.238 e. The van der Waals surface area contributed by atoms with Crippen LogP contribution in [0.5, 0.6) is 0 Å². The van der Waals surface area contributed by atoms with Crippen molar-refractivity contribution in [1.29, 1.82) is 0 Å². The molecule has 85 valence electrons. The molecule has 0 unspecified atom stereocenters. The van der Waals surface area contributed by atoms with E-state index in [1.54, 1.807) is 17.1 Å². The van der Waals surface area contributed by atoms with Crippen molar-refractivity contribution in [2.24, 2.45) is 0 Å². The molecule has 0 bridgehead atoms. The van der Waals surface area contributed by atoms with E-state index in [9.17, 15) is 0 Å². The Morgan fingerprint density at radius 1 is 1.11 bits per heavy atom. The number of benzene rings is 1. The van der Waals surface area contributed by atoms with E-state index in [1.807, 2.05) is 24.3 Å². The highest BCUT2D eigenvalue weighted by atomic mass is 15.2. The Hall–Kier alpha value is -2.76. The first kappa shape index (κ1) is 9.29. The second-order valence-electron chi connectivity index (χ2n) is 3.84. The summed E-state index contributed by atoms with van der Waals surface area (Å²) in [4.78, 5) is 19.9. The largest absolute Gasteiger partial charge is 0.329 e. The van der Waals surface area contributed by atoms with Crippen molar-refractivity contribution >= 4 is 22.2 Å². The average Bonchev–Trinajstić information content (AvgIpc) is 3.04. The van der Waals surface area contributed by atoms with Gasteiger partial charge in [0, 0.05) is 0 Å². The molecule has 0 fully saturated rings. The van der Waals surface area contributed by atoms with Crippen molar-refractivity contribution < 1.29 is 0 Å². The molecule has 6 nitrogen and oxygen atoms in total. The fourth-order valence-corrected chi connectivity index (χ4v) is 1.90. The molecule has 18 heavy (non-hydrogen) atoms. The number of imidazole rings is 2. The van der Waals surface area contributed by atoms with Crippen LogP contribution in [-0.4, -0.2) is 29.5 Å². The Labute approximate surface area is 101 Å². The first-order chi connectivity index (χ1) is 8.92. The lowest BCUT2D eigenvalue weighted by atomic mass is 10.3. The van der Waals surface area contributed by atoms with E-state index in [0.717, 1.165) is 16.6 Å². The predicted octanol–water partition coefficient (Wildman–Crippen LogP) is 1.49. The molecule has 3 aromatic heterocycles. The molecular weight excluding hydrogens is 228 g/mol. The fraction of sp³-hybridized carbons (Fsp3) is 0. The maximum Gasteiger partial charge on any atom is 0.238 e. The summed E-state index contributed by atoms with van der Waals surface area (Å²) in [5.74, 6) is 0.528. The van der Waals surface area contributed by atoms with Gasteiger partial charge in [-0.3, -0.25) is 4.57 Å². The minimum absolute atomic E-state index is 0.528. The van der Waals surface area contributed by atoms with Gasteiger partial charge in [-0.2, -0.15) is 4.98 Å². The Morgan fingerprint density at radius 2 is 2.06 bits per heavy atom. The van der Waals surface area contributed by atoms with E-state index in [4.69, 9.17) is 0 Å². The Balaban J connectivity index is 2.00. The molecule has 0 spiro atoms. The number of para-hydroxylation sites is 2. The summed E-state index contributed by atoms with van der Waals surface area (Å²) >= 11 is 0. The van der Waals surface area contributed by atoms with Gasteiger partial charge in [-0.05, 0) is 12.1 Å². The van der Waals surface area contributed by atoms with Crippen molar-refractivity contribution in [3.8, 4) is 5.95 Å². The van der Waals surface area contributed by atoms with Gasteiger partial charge in [-0.15, -0.1) is 0 Å². The zero-order chi connectivity index (χ0) is 11.9. The van der Waals surface area contributed by atoms with Crippen LogP contribution in [0, 0.1) is 6.33 Å². The third-order valence-electron chi connectivity index (χ3n) is 2.75. The standard InChI is InChI=1S/C12H7N6/c1-2-4-10-8(3-1)16-7-18(10)12-13-5-9-11(17-12)15-6-14-9/h1-6H,(H,13,14,15,17). The van der Waals surface area contributed by atoms with Gasteiger partial charge in [0.25, 0.3) is 0 Å².